The van der Waals surface area contributed by atoms with Crippen LogP contribution in [0.15, 0.2) is 0 Å². The number of amides is 2. The van der Waals surface area contributed by atoms with Crippen LogP contribution < -0.4 is 10.6 Å². The third kappa shape index (κ3) is 48.4. The molecule has 0 unspecified atom stereocenters. The van der Waals surface area contributed by atoms with E-state index < -0.39 is 10.1 Å². The van der Waals surface area contributed by atoms with Crippen molar-refractivity contribution in [2.45, 2.75) is 309 Å². The summed E-state index contributed by atoms with van der Waals surface area (Å²) < 4.78 is 32.3. The van der Waals surface area contributed by atoms with Crippen LogP contribution in [0, 0.1) is 0 Å². The third-order valence-electron chi connectivity index (χ3n) is 14.5. The summed E-state index contributed by atoms with van der Waals surface area (Å²) in [6.07, 6.45) is 49.7. The Labute approximate surface area is 424 Å². The van der Waals surface area contributed by atoms with Crippen molar-refractivity contribution in [3.8, 4) is 0 Å². The van der Waals surface area contributed by atoms with Crippen LogP contribution in [0.5, 0.6) is 0 Å². The second kappa shape index (κ2) is 48.1. The maximum atomic E-state index is 13.2. The molecule has 0 atom stereocenters. The van der Waals surface area contributed by atoms with Crippen LogP contribution in [0.4, 0.5) is 0 Å². The van der Waals surface area contributed by atoms with Gasteiger partial charge < -0.3 is 20.0 Å². The zero-order valence-electron chi connectivity index (χ0n) is 46.5. The molecule has 10 heteroatoms. The van der Waals surface area contributed by atoms with Crippen LogP contribution in [0.1, 0.15) is 297 Å². The van der Waals surface area contributed by atoms with E-state index in [9.17, 15) is 18.0 Å². The summed E-state index contributed by atoms with van der Waals surface area (Å²) in [5.41, 5.74) is 0. The Morgan fingerprint density at radius 1 is 0.412 bits per heavy atom. The first-order valence-corrected chi connectivity index (χ1v) is 31.5. The van der Waals surface area contributed by atoms with Gasteiger partial charge in [-0.2, -0.15) is 8.42 Å². The Kier molecular flexibility index (Phi) is 47.2. The molecular formula is C58H119N4O5S+. The van der Waals surface area contributed by atoms with Crippen LogP contribution in [-0.2, 0) is 19.7 Å². The molecule has 68 heavy (non-hydrogen) atoms. The highest BCUT2D eigenvalue weighted by Gasteiger charge is 2.17. The smallest absolute Gasteiger partial charge is 0.265 e. The van der Waals surface area contributed by atoms with Crippen molar-refractivity contribution in [2.24, 2.45) is 0 Å². The van der Waals surface area contributed by atoms with Crippen molar-refractivity contribution in [1.82, 2.24) is 15.5 Å². The fraction of sp³-hybridized carbons (Fsp3) is 0.966. The van der Waals surface area contributed by atoms with E-state index in [1.165, 1.54) is 173 Å². The summed E-state index contributed by atoms with van der Waals surface area (Å²) in [6, 6.07) is 0.679. The van der Waals surface area contributed by atoms with Gasteiger partial charge in [0.15, 0.2) is 0 Å². The Hall–Kier alpha value is -1.23. The lowest BCUT2D eigenvalue weighted by Crippen LogP contribution is -2.41. The molecule has 0 aromatic heterocycles. The molecule has 3 N–H and O–H groups in total. The zero-order valence-corrected chi connectivity index (χ0v) is 47.3. The highest BCUT2D eigenvalue weighted by molar-refractivity contribution is 7.85. The number of rotatable bonds is 54. The lowest BCUT2D eigenvalue weighted by atomic mass is 9.99. The fourth-order valence-electron chi connectivity index (χ4n) is 9.98. The molecule has 0 saturated carbocycles. The van der Waals surface area contributed by atoms with Crippen LogP contribution in [0.3, 0.4) is 0 Å². The molecule has 0 saturated heterocycles. The first-order chi connectivity index (χ1) is 32.9. The van der Waals surface area contributed by atoms with Gasteiger partial charge in [0.2, 0.25) is 11.8 Å². The monoisotopic (exact) mass is 984 g/mol. The van der Waals surface area contributed by atoms with Crippen molar-refractivity contribution in [1.29, 1.82) is 0 Å². The van der Waals surface area contributed by atoms with E-state index in [4.69, 9.17) is 4.55 Å². The SMILES string of the molecule is CCCCCCCCC(CCCCCCCC)NC(=O)CCCCCCCN(CCCCCC(=O)NC(CCCCCCCC)CCCCCCCC)CCCCC[N+](C)(C)CCCS(=O)(=O)O. The van der Waals surface area contributed by atoms with Crippen LogP contribution in [0.2, 0.25) is 0 Å². The van der Waals surface area contributed by atoms with Gasteiger partial charge in [0.25, 0.3) is 10.1 Å². The minimum absolute atomic E-state index is 0.165. The molecule has 406 valence electrons. The Morgan fingerprint density at radius 3 is 1.04 bits per heavy atom. The highest BCUT2D eigenvalue weighted by atomic mass is 32.2. The summed E-state index contributed by atoms with van der Waals surface area (Å²) >= 11 is 0. The minimum atomic E-state index is -3.90. The largest absolute Gasteiger partial charge is 0.353 e. The molecule has 9 nitrogen and oxygen atoms in total. The molecule has 0 heterocycles. The van der Waals surface area contributed by atoms with E-state index in [2.05, 4.69) is 57.3 Å². The van der Waals surface area contributed by atoms with Gasteiger partial charge in [-0.05, 0) is 90.3 Å². The first kappa shape index (κ1) is 66.8. The van der Waals surface area contributed by atoms with Crippen LogP contribution in [-0.4, -0.2) is 98.8 Å². The lowest BCUT2D eigenvalue weighted by molar-refractivity contribution is -0.890. The van der Waals surface area contributed by atoms with Crippen molar-refractivity contribution in [3.63, 3.8) is 0 Å². The molecule has 0 bridgehead atoms. The number of nitrogens with one attached hydrogen (secondary N) is 2. The van der Waals surface area contributed by atoms with Gasteiger partial charge >= 0.3 is 0 Å². The summed E-state index contributed by atoms with van der Waals surface area (Å²) in [5, 5.41) is 6.93. The number of carbonyl (C=O) groups excluding carboxylic acids is 2. The molecule has 0 fully saturated rings. The van der Waals surface area contributed by atoms with Crippen molar-refractivity contribution in [3.05, 3.63) is 0 Å². The van der Waals surface area contributed by atoms with Gasteiger partial charge in [-0.3, -0.25) is 14.1 Å². The van der Waals surface area contributed by atoms with E-state index in [-0.39, 0.29) is 17.6 Å². The predicted octanol–water partition coefficient (Wildman–Crippen LogP) is 15.7. The quantitative estimate of drug-likeness (QED) is 0.0318. The van der Waals surface area contributed by atoms with Gasteiger partial charge in [0, 0.05) is 31.3 Å². The second-order valence-corrected chi connectivity index (χ2v) is 23.6. The Balaban J connectivity index is 4.95. The molecule has 0 aromatic carbocycles. The molecule has 0 aliphatic heterocycles. The molecule has 0 aliphatic carbocycles. The van der Waals surface area contributed by atoms with Crippen molar-refractivity contribution >= 4 is 21.9 Å². The molecule has 0 spiro atoms. The predicted molar refractivity (Wildman–Crippen MR) is 295 cm³/mol. The standard InChI is InChI=1S/C58H118N4O5S/c1-7-11-15-19-24-32-43-55(44-33-25-20-16-12-8-2)59-57(63)47-36-28-23-29-38-49-61(51-40-31-41-52-62(5,6)53-42-54-68(65,66)67)50-39-30-37-48-58(64)60-56(45-34-26-21-17-13-9-3)46-35-27-22-18-14-10-4/h55-56H,7-54H2,1-6H3,(H2-,59,60,63,64,65,66,67)/p+1. The molecule has 0 aromatic rings. The van der Waals surface area contributed by atoms with Gasteiger partial charge in [-0.25, -0.2) is 0 Å². The Morgan fingerprint density at radius 2 is 0.691 bits per heavy atom. The van der Waals surface area contributed by atoms with Crippen LogP contribution in [0.25, 0.3) is 0 Å². The molecule has 0 aliphatic rings. The normalized spacial score (nSPS) is 12.3. The van der Waals surface area contributed by atoms with Crippen molar-refractivity contribution in [2.75, 3.05) is 52.6 Å². The van der Waals surface area contributed by atoms with Crippen LogP contribution >= 0.6 is 0 Å². The maximum absolute atomic E-state index is 13.2. The minimum Gasteiger partial charge on any atom is -0.353 e. The Bertz CT molecular complexity index is 1180. The summed E-state index contributed by atoms with van der Waals surface area (Å²) in [6.45, 7) is 14.1. The average Bonchev–Trinajstić information content (AvgIpc) is 3.29. The number of nitrogens with zero attached hydrogens (tertiary/aromatic N) is 2. The number of hydrogen-bond acceptors (Lipinski definition) is 5. The van der Waals surface area contributed by atoms with E-state index in [1.807, 2.05) is 0 Å². The van der Waals surface area contributed by atoms with Gasteiger partial charge in [0.05, 0.1) is 32.9 Å². The van der Waals surface area contributed by atoms with E-state index >= 15 is 0 Å². The number of hydrogen-bond donors (Lipinski definition) is 3. The lowest BCUT2D eigenvalue weighted by Gasteiger charge is -2.30. The topological polar surface area (TPSA) is 116 Å². The highest BCUT2D eigenvalue weighted by Crippen LogP contribution is 2.18. The van der Waals surface area contributed by atoms with Gasteiger partial charge in [-0.1, -0.05) is 207 Å². The van der Waals surface area contributed by atoms with E-state index in [0.29, 0.717) is 31.3 Å². The maximum Gasteiger partial charge on any atom is 0.265 e. The molecule has 2 amide bonds. The number of quaternary nitrogens is 1. The number of unbranched alkanes of at least 4 members (excludes halogenated alkanes) is 28. The first-order valence-electron chi connectivity index (χ1n) is 29.9. The van der Waals surface area contributed by atoms with Crippen molar-refractivity contribution < 1.29 is 27.0 Å². The zero-order chi connectivity index (χ0) is 50.2. The molecular weight excluding hydrogens is 865 g/mol. The summed E-state index contributed by atoms with van der Waals surface area (Å²) in [4.78, 5) is 28.9. The third-order valence-corrected chi connectivity index (χ3v) is 15.3. The molecule has 0 rings (SSSR count). The van der Waals surface area contributed by atoms with Gasteiger partial charge in [0.1, 0.15) is 0 Å². The van der Waals surface area contributed by atoms with Gasteiger partial charge in [-0.15, -0.1) is 0 Å². The average molecular weight is 985 g/mol. The van der Waals surface area contributed by atoms with E-state index in [0.717, 1.165) is 114 Å². The van der Waals surface area contributed by atoms with E-state index in [1.54, 1.807) is 0 Å². The summed E-state index contributed by atoms with van der Waals surface area (Å²) in [7, 11) is 0.400. The number of carbonyl (C=O) groups is 2. The fourth-order valence-corrected chi connectivity index (χ4v) is 10.5. The summed E-state index contributed by atoms with van der Waals surface area (Å²) in [5.74, 6) is 0.348. The molecule has 0 radical (unpaired) electrons. The second-order valence-electron chi connectivity index (χ2n) is 22.0.